The Morgan fingerprint density at radius 1 is 1.26 bits per heavy atom. The van der Waals surface area contributed by atoms with E-state index in [2.05, 4.69) is 5.32 Å². The van der Waals surface area contributed by atoms with E-state index in [1.807, 2.05) is 13.0 Å². The van der Waals surface area contributed by atoms with Crippen LogP contribution in [-0.2, 0) is 9.59 Å². The molecule has 0 unspecified atom stereocenters. The third kappa shape index (κ3) is 6.07. The van der Waals surface area contributed by atoms with Gasteiger partial charge in [0.1, 0.15) is 5.75 Å². The highest BCUT2D eigenvalue weighted by Crippen LogP contribution is 2.15. The molecule has 0 fully saturated rings. The van der Waals surface area contributed by atoms with E-state index in [0.29, 0.717) is 11.4 Å². The molecule has 0 bridgehead atoms. The molecule has 19 heavy (non-hydrogen) atoms. The number of ether oxygens (including phenoxy) is 1. The van der Waals surface area contributed by atoms with Crippen molar-refractivity contribution in [3.8, 4) is 5.75 Å². The molecule has 0 radical (unpaired) electrons. The summed E-state index contributed by atoms with van der Waals surface area (Å²) in [5, 5.41) is 2.69. The highest BCUT2D eigenvalue weighted by atomic mass is 16.5. The Kier molecular flexibility index (Phi) is 5.88. The number of hydrogen-bond donors (Lipinski definition) is 2. The Morgan fingerprint density at radius 2 is 1.95 bits per heavy atom. The zero-order valence-electron chi connectivity index (χ0n) is 10.6. The van der Waals surface area contributed by atoms with Gasteiger partial charge in [-0.05, 0) is 31.2 Å². The van der Waals surface area contributed by atoms with E-state index in [0.717, 1.165) is 0 Å². The summed E-state index contributed by atoms with van der Waals surface area (Å²) in [7, 11) is 0. The molecule has 0 aliphatic rings. The number of nitrogens with two attached hydrogens (primary N) is 1. The molecule has 3 N–H and O–H groups in total. The summed E-state index contributed by atoms with van der Waals surface area (Å²) in [5.74, 6) is -0.239. The van der Waals surface area contributed by atoms with E-state index in [-0.39, 0.29) is 12.5 Å². The van der Waals surface area contributed by atoms with Crippen molar-refractivity contribution in [2.45, 2.75) is 6.92 Å². The largest absolute Gasteiger partial charge is 0.484 e. The van der Waals surface area contributed by atoms with Crippen molar-refractivity contribution in [3.63, 3.8) is 0 Å². The lowest BCUT2D eigenvalue weighted by atomic mass is 10.3. The molecular formula is C14H16N2O3. The van der Waals surface area contributed by atoms with Crippen LogP contribution in [0, 0.1) is 0 Å². The number of carbonyl (C=O) groups excluding carboxylic acids is 2. The van der Waals surface area contributed by atoms with Crippen molar-refractivity contribution in [1.82, 2.24) is 0 Å². The van der Waals surface area contributed by atoms with Crippen molar-refractivity contribution in [1.29, 1.82) is 0 Å². The molecule has 1 rings (SSSR count). The number of hydrogen-bond acceptors (Lipinski definition) is 3. The van der Waals surface area contributed by atoms with Gasteiger partial charge in [0.2, 0.25) is 5.91 Å². The zero-order valence-corrected chi connectivity index (χ0v) is 10.6. The van der Waals surface area contributed by atoms with Crippen molar-refractivity contribution in [3.05, 3.63) is 48.6 Å². The molecule has 2 amide bonds. The molecule has 0 spiro atoms. The molecule has 0 atom stereocenters. The summed E-state index contributed by atoms with van der Waals surface area (Å²) in [6.45, 7) is 1.70. The average molecular weight is 260 g/mol. The Morgan fingerprint density at radius 3 is 2.53 bits per heavy atom. The van der Waals surface area contributed by atoms with Crippen LogP contribution in [0.3, 0.4) is 0 Å². The maximum atomic E-state index is 11.5. The van der Waals surface area contributed by atoms with Crippen molar-refractivity contribution >= 4 is 17.5 Å². The fourth-order valence-electron chi connectivity index (χ4n) is 1.23. The van der Waals surface area contributed by atoms with Gasteiger partial charge in [0, 0.05) is 11.8 Å². The number of allylic oxidation sites excluding steroid dienone is 3. The molecule has 0 heterocycles. The Bertz CT molecular complexity index is 490. The Labute approximate surface area is 111 Å². The van der Waals surface area contributed by atoms with Crippen LogP contribution in [0.4, 0.5) is 5.69 Å². The SMILES string of the molecule is C/C=C/C=C/C(=O)Nc1ccc(OCC(N)=O)cc1. The first-order valence-electron chi connectivity index (χ1n) is 5.73. The lowest BCUT2D eigenvalue weighted by Gasteiger charge is -2.05. The number of nitrogens with one attached hydrogen (secondary N) is 1. The smallest absolute Gasteiger partial charge is 0.255 e. The summed E-state index contributed by atoms with van der Waals surface area (Å²) in [6.07, 6.45) is 6.67. The summed E-state index contributed by atoms with van der Waals surface area (Å²) in [5.41, 5.74) is 5.60. The average Bonchev–Trinajstić information content (AvgIpc) is 2.38. The van der Waals surface area contributed by atoms with Crippen LogP contribution in [0.5, 0.6) is 5.75 Å². The quantitative estimate of drug-likeness (QED) is 0.602. The van der Waals surface area contributed by atoms with E-state index in [4.69, 9.17) is 10.5 Å². The third-order valence-electron chi connectivity index (χ3n) is 2.05. The van der Waals surface area contributed by atoms with Crippen molar-refractivity contribution in [2.24, 2.45) is 5.73 Å². The van der Waals surface area contributed by atoms with Gasteiger partial charge in [-0.15, -0.1) is 0 Å². The summed E-state index contributed by atoms with van der Waals surface area (Å²) in [4.78, 5) is 22.0. The predicted molar refractivity (Wildman–Crippen MR) is 73.7 cm³/mol. The van der Waals surface area contributed by atoms with Crippen LogP contribution in [0.25, 0.3) is 0 Å². The van der Waals surface area contributed by atoms with Gasteiger partial charge in [-0.25, -0.2) is 0 Å². The second kappa shape index (κ2) is 7.71. The standard InChI is InChI=1S/C14H16N2O3/c1-2-3-4-5-14(18)16-11-6-8-12(9-7-11)19-10-13(15)17/h2-9H,10H2,1H3,(H2,15,17)(H,16,18)/b3-2+,5-4+. The molecule has 0 aliphatic heterocycles. The molecule has 100 valence electrons. The van der Waals surface area contributed by atoms with Gasteiger partial charge in [0.15, 0.2) is 6.61 Å². The molecule has 5 nitrogen and oxygen atoms in total. The monoisotopic (exact) mass is 260 g/mol. The van der Waals surface area contributed by atoms with Crippen molar-refractivity contribution in [2.75, 3.05) is 11.9 Å². The highest BCUT2D eigenvalue weighted by molar-refractivity contribution is 5.99. The van der Waals surface area contributed by atoms with Crippen LogP contribution < -0.4 is 15.8 Å². The number of amides is 2. The van der Waals surface area contributed by atoms with Crippen LogP contribution in [-0.4, -0.2) is 18.4 Å². The van der Waals surface area contributed by atoms with E-state index in [1.165, 1.54) is 6.08 Å². The number of anilines is 1. The van der Waals surface area contributed by atoms with Crippen LogP contribution in [0.2, 0.25) is 0 Å². The zero-order chi connectivity index (χ0) is 14.1. The normalized spacial score (nSPS) is 10.8. The molecule has 5 heteroatoms. The second-order valence-corrected chi connectivity index (χ2v) is 3.65. The minimum absolute atomic E-state index is 0.169. The third-order valence-corrected chi connectivity index (χ3v) is 2.05. The number of benzene rings is 1. The fourth-order valence-corrected chi connectivity index (χ4v) is 1.23. The maximum Gasteiger partial charge on any atom is 0.255 e. The summed E-state index contributed by atoms with van der Waals surface area (Å²) in [6, 6.07) is 6.65. The predicted octanol–water partition coefficient (Wildman–Crippen LogP) is 1.62. The molecule has 1 aromatic carbocycles. The lowest BCUT2D eigenvalue weighted by Crippen LogP contribution is -2.20. The maximum absolute atomic E-state index is 11.5. The molecule has 0 aromatic heterocycles. The van der Waals surface area contributed by atoms with Gasteiger partial charge in [-0.2, -0.15) is 0 Å². The van der Waals surface area contributed by atoms with Gasteiger partial charge in [0.25, 0.3) is 5.91 Å². The Balaban J connectivity index is 2.52. The molecular weight excluding hydrogens is 244 g/mol. The van der Waals surface area contributed by atoms with Crippen molar-refractivity contribution < 1.29 is 14.3 Å². The van der Waals surface area contributed by atoms with E-state index in [9.17, 15) is 9.59 Å². The van der Waals surface area contributed by atoms with Gasteiger partial charge < -0.3 is 15.8 Å². The van der Waals surface area contributed by atoms with Crippen LogP contribution in [0.15, 0.2) is 48.6 Å². The molecule has 0 aliphatic carbocycles. The summed E-state index contributed by atoms with van der Waals surface area (Å²) < 4.78 is 5.10. The first kappa shape index (κ1) is 14.5. The van der Waals surface area contributed by atoms with Gasteiger partial charge >= 0.3 is 0 Å². The highest BCUT2D eigenvalue weighted by Gasteiger charge is 2.00. The van der Waals surface area contributed by atoms with E-state index in [1.54, 1.807) is 36.4 Å². The minimum atomic E-state index is -0.536. The van der Waals surface area contributed by atoms with Crippen LogP contribution >= 0.6 is 0 Å². The number of rotatable bonds is 6. The topological polar surface area (TPSA) is 81.4 Å². The van der Waals surface area contributed by atoms with Gasteiger partial charge in [-0.1, -0.05) is 18.2 Å². The van der Waals surface area contributed by atoms with Gasteiger partial charge in [-0.3, -0.25) is 9.59 Å². The van der Waals surface area contributed by atoms with E-state index >= 15 is 0 Å². The lowest BCUT2D eigenvalue weighted by molar-refractivity contribution is -0.120. The van der Waals surface area contributed by atoms with E-state index < -0.39 is 5.91 Å². The number of primary amides is 1. The Hall–Kier alpha value is -2.56. The van der Waals surface area contributed by atoms with Crippen LogP contribution in [0.1, 0.15) is 6.92 Å². The molecule has 0 saturated heterocycles. The first-order chi connectivity index (χ1) is 9.11. The number of carbonyl (C=O) groups is 2. The molecule has 1 aromatic rings. The first-order valence-corrected chi connectivity index (χ1v) is 5.73. The van der Waals surface area contributed by atoms with Gasteiger partial charge in [0.05, 0.1) is 0 Å². The second-order valence-electron chi connectivity index (χ2n) is 3.65. The molecule has 0 saturated carbocycles. The summed E-state index contributed by atoms with van der Waals surface area (Å²) >= 11 is 0. The fraction of sp³-hybridized carbons (Fsp3) is 0.143. The minimum Gasteiger partial charge on any atom is -0.484 e.